The predicted octanol–water partition coefficient (Wildman–Crippen LogP) is 4.83. The number of aliphatic imine (C=N–C) groups is 1. The molecule has 1 aliphatic heterocycles. The van der Waals surface area contributed by atoms with Crippen molar-refractivity contribution in [2.24, 2.45) is 10.9 Å². The number of rotatable bonds is 5. The highest BCUT2D eigenvalue weighted by atomic mass is 35.5. The number of thioether (sulfide) groups is 1. The van der Waals surface area contributed by atoms with Gasteiger partial charge in [0.1, 0.15) is 10.3 Å². The van der Waals surface area contributed by atoms with Gasteiger partial charge in [-0.2, -0.15) is 5.26 Å². The van der Waals surface area contributed by atoms with Gasteiger partial charge in [-0.3, -0.25) is 14.9 Å². The molecule has 1 fully saturated rings. The average Bonchev–Trinajstić information content (AvgIpc) is 3.31. The summed E-state index contributed by atoms with van der Waals surface area (Å²) in [5.41, 5.74) is 1.63. The molecule has 182 valence electrons. The molecule has 2 aromatic rings. The van der Waals surface area contributed by atoms with Crippen molar-refractivity contribution in [3.63, 3.8) is 0 Å². The first-order valence-corrected chi connectivity index (χ1v) is 13.2. The summed E-state index contributed by atoms with van der Waals surface area (Å²) in [5.74, 6) is -0.918. The highest BCUT2D eigenvalue weighted by Crippen LogP contribution is 2.44. The van der Waals surface area contributed by atoms with E-state index in [1.807, 2.05) is 6.19 Å². The van der Waals surface area contributed by atoms with E-state index in [1.54, 1.807) is 31.2 Å². The number of amidine groups is 1. The van der Waals surface area contributed by atoms with Crippen molar-refractivity contribution < 1.29 is 19.1 Å². The molecular weight excluding hydrogens is 508 g/mol. The number of hydrogen-bond donors (Lipinski definition) is 1. The van der Waals surface area contributed by atoms with Crippen LogP contribution in [-0.2, 0) is 27.2 Å². The normalized spacial score (nSPS) is 19.9. The summed E-state index contributed by atoms with van der Waals surface area (Å²) in [6.07, 6.45) is 4.15. The van der Waals surface area contributed by atoms with E-state index in [2.05, 4.69) is 17.2 Å². The summed E-state index contributed by atoms with van der Waals surface area (Å²) in [6, 6.07) is 6.85. The van der Waals surface area contributed by atoms with Crippen molar-refractivity contribution in [3.05, 3.63) is 45.3 Å². The minimum atomic E-state index is -0.808. The topological polar surface area (TPSA) is 112 Å². The van der Waals surface area contributed by atoms with Gasteiger partial charge in [0.25, 0.3) is 0 Å². The number of nitrogens with one attached hydrogen (secondary N) is 1. The largest absolute Gasteiger partial charge is 0.462 e. The van der Waals surface area contributed by atoms with Crippen molar-refractivity contribution in [2.75, 3.05) is 11.5 Å². The van der Waals surface area contributed by atoms with Crippen LogP contribution in [0.25, 0.3) is 0 Å². The number of ether oxygens (including phenoxy) is 1. The van der Waals surface area contributed by atoms with Gasteiger partial charge in [-0.25, -0.2) is 14.7 Å². The molecule has 1 aromatic heterocycles. The fraction of sp³-hybridized carbons (Fsp3) is 0.375. The molecule has 35 heavy (non-hydrogen) atoms. The second-order valence-electron chi connectivity index (χ2n) is 8.24. The number of thiophene rings is 1. The Bertz CT molecular complexity index is 1250. The fourth-order valence-corrected chi connectivity index (χ4v) is 6.79. The third-order valence-corrected chi connectivity index (χ3v) is 8.40. The maximum Gasteiger partial charge on any atom is 0.341 e. The van der Waals surface area contributed by atoms with Crippen molar-refractivity contribution >= 4 is 68.3 Å². The van der Waals surface area contributed by atoms with Crippen LogP contribution in [0, 0.1) is 17.4 Å². The van der Waals surface area contributed by atoms with Gasteiger partial charge in [0.05, 0.1) is 22.9 Å². The van der Waals surface area contributed by atoms with Crippen LogP contribution in [0.2, 0.25) is 5.02 Å². The minimum Gasteiger partial charge on any atom is -0.462 e. The summed E-state index contributed by atoms with van der Waals surface area (Å²) in [5, 5.41) is 11.7. The summed E-state index contributed by atoms with van der Waals surface area (Å²) < 4.78 is 5.29. The first kappa shape index (κ1) is 25.2. The van der Waals surface area contributed by atoms with Gasteiger partial charge in [0.2, 0.25) is 11.8 Å². The highest BCUT2D eigenvalue weighted by molar-refractivity contribution is 8.15. The molecule has 0 radical (unpaired) electrons. The Morgan fingerprint density at radius 1 is 1.37 bits per heavy atom. The first-order valence-electron chi connectivity index (χ1n) is 11.2. The summed E-state index contributed by atoms with van der Waals surface area (Å²) in [6.45, 7) is 4.06. The van der Waals surface area contributed by atoms with Gasteiger partial charge in [-0.05, 0) is 49.8 Å². The lowest BCUT2D eigenvalue weighted by Gasteiger charge is -2.18. The molecular formula is C24H23ClN4O4S2. The maximum absolute atomic E-state index is 13.4. The molecule has 8 nitrogen and oxygen atoms in total. The molecule has 2 aliphatic rings. The molecule has 1 N–H and O–H groups in total. The molecule has 0 saturated carbocycles. The van der Waals surface area contributed by atoms with Crippen LogP contribution in [0.3, 0.4) is 0 Å². The molecule has 11 heteroatoms. The maximum atomic E-state index is 13.4. The number of nitrogens with zero attached hydrogens (tertiary/aromatic N) is 3. The molecule has 2 heterocycles. The summed E-state index contributed by atoms with van der Waals surface area (Å²) in [7, 11) is 0. The quantitative estimate of drug-likeness (QED) is 0.147. The lowest BCUT2D eigenvalue weighted by atomic mass is 9.88. The SMILES string of the molecule is CCOC(=O)c1c(N2C(=O)C[C@H](SC(=Nc3ccccc3Cl)NC#N)C2=O)sc2c1CC[C@H](C)C2. The first-order chi connectivity index (χ1) is 16.8. The number of para-hydroxylation sites is 1. The van der Waals surface area contributed by atoms with E-state index in [1.165, 1.54) is 11.3 Å². The number of benzene rings is 1. The number of fused-ring (bicyclic) bond motifs is 1. The Hall–Kier alpha value is -2.87. The van der Waals surface area contributed by atoms with Crippen molar-refractivity contribution in [2.45, 2.75) is 44.8 Å². The van der Waals surface area contributed by atoms with Crippen LogP contribution < -0.4 is 10.2 Å². The Labute approximate surface area is 216 Å². The van der Waals surface area contributed by atoms with Crippen LogP contribution in [0.1, 0.15) is 47.5 Å². The third-order valence-electron chi connectivity index (χ3n) is 5.77. The average molecular weight is 531 g/mol. The van der Waals surface area contributed by atoms with Crippen molar-refractivity contribution in [1.29, 1.82) is 5.26 Å². The molecule has 1 aliphatic carbocycles. The number of amides is 2. The van der Waals surface area contributed by atoms with E-state index >= 15 is 0 Å². The Morgan fingerprint density at radius 2 is 2.14 bits per heavy atom. The second kappa shape index (κ2) is 10.8. The molecule has 0 spiro atoms. The van der Waals surface area contributed by atoms with Crippen LogP contribution in [0.4, 0.5) is 10.7 Å². The summed E-state index contributed by atoms with van der Waals surface area (Å²) >= 11 is 8.48. The predicted molar refractivity (Wildman–Crippen MR) is 137 cm³/mol. The fourth-order valence-electron chi connectivity index (χ4n) is 4.14. The third kappa shape index (κ3) is 5.22. The number of esters is 1. The smallest absolute Gasteiger partial charge is 0.341 e. The second-order valence-corrected chi connectivity index (χ2v) is 10.9. The number of carbonyl (C=O) groups excluding carboxylic acids is 3. The molecule has 2 amide bonds. The zero-order chi connectivity index (χ0) is 25.1. The van der Waals surface area contributed by atoms with Crippen LogP contribution >= 0.6 is 34.7 Å². The van der Waals surface area contributed by atoms with Crippen LogP contribution in [-0.4, -0.2) is 34.8 Å². The van der Waals surface area contributed by atoms with Crippen molar-refractivity contribution in [1.82, 2.24) is 5.32 Å². The Morgan fingerprint density at radius 3 is 2.86 bits per heavy atom. The standard InChI is InChI=1S/C24H23ClN4O4S2/c1-3-33-23(32)20-14-9-8-13(2)10-17(14)34-22(20)29-19(30)11-18(21(29)31)35-24(27-12-26)28-16-7-5-4-6-15(16)25/h4-7,13,18H,3,8-11H2,1-2H3,(H,27,28)/t13-,18-/m0/s1. The number of anilines is 1. The van der Waals surface area contributed by atoms with Gasteiger partial charge in [-0.15, -0.1) is 11.3 Å². The van der Waals surface area contributed by atoms with E-state index in [0.717, 1.165) is 39.9 Å². The number of nitriles is 1. The van der Waals surface area contributed by atoms with E-state index in [-0.39, 0.29) is 18.2 Å². The van der Waals surface area contributed by atoms with Gasteiger partial charge >= 0.3 is 5.97 Å². The van der Waals surface area contributed by atoms with E-state index in [0.29, 0.717) is 33.6 Å². The van der Waals surface area contributed by atoms with Crippen LogP contribution in [0.5, 0.6) is 0 Å². The van der Waals surface area contributed by atoms with E-state index in [4.69, 9.17) is 21.6 Å². The number of imide groups is 1. The zero-order valence-corrected chi connectivity index (χ0v) is 21.6. The van der Waals surface area contributed by atoms with Gasteiger partial charge in [0, 0.05) is 11.3 Å². The molecule has 1 aromatic carbocycles. The Kier molecular flexibility index (Phi) is 7.79. The highest BCUT2D eigenvalue weighted by Gasteiger charge is 2.44. The van der Waals surface area contributed by atoms with Crippen LogP contribution in [0.15, 0.2) is 29.3 Å². The summed E-state index contributed by atoms with van der Waals surface area (Å²) in [4.78, 5) is 45.9. The number of halogens is 1. The lowest BCUT2D eigenvalue weighted by molar-refractivity contribution is -0.121. The van der Waals surface area contributed by atoms with Gasteiger partial charge < -0.3 is 4.74 Å². The molecule has 1 saturated heterocycles. The van der Waals surface area contributed by atoms with E-state index < -0.39 is 23.0 Å². The monoisotopic (exact) mass is 530 g/mol. The molecule has 0 unspecified atom stereocenters. The van der Waals surface area contributed by atoms with Gasteiger partial charge in [0.15, 0.2) is 11.4 Å². The zero-order valence-electron chi connectivity index (χ0n) is 19.2. The van der Waals surface area contributed by atoms with Crippen molar-refractivity contribution in [3.8, 4) is 6.19 Å². The number of hydrogen-bond acceptors (Lipinski definition) is 8. The number of carbonyl (C=O) groups is 3. The lowest BCUT2D eigenvalue weighted by Crippen LogP contribution is -2.32. The molecule has 4 rings (SSSR count). The minimum absolute atomic E-state index is 0.0839. The molecule has 2 atom stereocenters. The Balaban J connectivity index is 1.66. The van der Waals surface area contributed by atoms with E-state index in [9.17, 15) is 14.4 Å². The molecule has 0 bridgehead atoms. The van der Waals surface area contributed by atoms with Gasteiger partial charge in [-0.1, -0.05) is 42.4 Å².